The van der Waals surface area contributed by atoms with Crippen LogP contribution in [0.5, 0.6) is 0 Å². The molecule has 2 heterocycles. The lowest BCUT2D eigenvalue weighted by Gasteiger charge is -2.15. The number of nitrogens with one attached hydrogen (secondary N) is 1. The van der Waals surface area contributed by atoms with Crippen molar-refractivity contribution in [1.29, 1.82) is 0 Å². The van der Waals surface area contributed by atoms with Crippen LogP contribution in [0.25, 0.3) is 21.7 Å². The molecule has 2 N–H and O–H groups in total. The maximum atomic E-state index is 12.5. The van der Waals surface area contributed by atoms with E-state index in [0.717, 1.165) is 21.6 Å². The van der Waals surface area contributed by atoms with Crippen molar-refractivity contribution in [3.8, 4) is 21.7 Å². The van der Waals surface area contributed by atoms with Crippen LogP contribution in [0.1, 0.15) is 28.3 Å². The summed E-state index contributed by atoms with van der Waals surface area (Å²) in [5.74, 6) is -0.414. The van der Waals surface area contributed by atoms with Crippen molar-refractivity contribution in [2.45, 2.75) is 13.0 Å². The van der Waals surface area contributed by atoms with Gasteiger partial charge in [-0.3, -0.25) is 5.32 Å². The fraction of sp³-hybridized carbons (Fsp3) is 0.125. The molecule has 0 aliphatic carbocycles. The number of carbonyl (C=O) groups excluding carboxylic acids is 1. The molecule has 7 nitrogen and oxygen atoms in total. The zero-order chi connectivity index (χ0) is 22.7. The first-order chi connectivity index (χ1) is 15.4. The van der Waals surface area contributed by atoms with Crippen molar-refractivity contribution in [1.82, 2.24) is 9.55 Å². The number of nitrogens with zero attached hydrogens (tertiary/aromatic N) is 2. The van der Waals surface area contributed by atoms with Gasteiger partial charge >= 0.3 is 12.1 Å². The number of hydrogen-bond donors (Lipinski definition) is 2. The minimum atomic E-state index is -0.935. The maximum absolute atomic E-state index is 12.5. The van der Waals surface area contributed by atoms with E-state index in [-0.39, 0.29) is 0 Å². The Morgan fingerprint density at radius 3 is 2.38 bits per heavy atom. The molecular weight excluding hydrogens is 426 g/mol. The predicted octanol–water partition coefficient (Wildman–Crippen LogP) is 5.82. The lowest BCUT2D eigenvalue weighted by Crippen LogP contribution is -2.18. The van der Waals surface area contributed by atoms with Crippen LogP contribution in [0.3, 0.4) is 0 Å². The second-order valence-corrected chi connectivity index (χ2v) is 8.27. The summed E-state index contributed by atoms with van der Waals surface area (Å²) in [4.78, 5) is 29.2. The highest BCUT2D eigenvalue weighted by atomic mass is 32.1. The normalized spacial score (nSPS) is 11.7. The summed E-state index contributed by atoms with van der Waals surface area (Å²) >= 11 is 1.22. The van der Waals surface area contributed by atoms with Gasteiger partial charge in [0.1, 0.15) is 22.5 Å². The average molecular weight is 448 g/mol. The Morgan fingerprint density at radius 1 is 1.03 bits per heavy atom. The van der Waals surface area contributed by atoms with Gasteiger partial charge in [0.05, 0.1) is 6.33 Å². The topological polar surface area (TPSA) is 93.4 Å². The first kappa shape index (κ1) is 21.3. The summed E-state index contributed by atoms with van der Waals surface area (Å²) in [6, 6.07) is 20.5. The number of anilines is 1. The average Bonchev–Trinajstić information content (AvgIpc) is 3.42. The molecule has 162 valence electrons. The molecule has 1 atom stereocenters. The Bertz CT molecular complexity index is 1250. The van der Waals surface area contributed by atoms with E-state index in [1.807, 2.05) is 61.5 Å². The van der Waals surface area contributed by atoms with Crippen LogP contribution in [0.2, 0.25) is 0 Å². The van der Waals surface area contributed by atoms with E-state index in [1.54, 1.807) is 30.1 Å². The third-order valence-electron chi connectivity index (χ3n) is 4.97. The summed E-state index contributed by atoms with van der Waals surface area (Å²) in [6.45, 7) is 1.82. The Hall–Kier alpha value is -3.91. The summed E-state index contributed by atoms with van der Waals surface area (Å²) in [5, 5.41) is 11.9. The molecule has 1 amide bonds. The number of thiophene rings is 1. The number of carboxylic acid groups (broad SMARTS) is 1. The summed E-state index contributed by atoms with van der Waals surface area (Å²) < 4.78 is 7.23. The van der Waals surface area contributed by atoms with Gasteiger partial charge in [-0.15, -0.1) is 11.3 Å². The fourth-order valence-electron chi connectivity index (χ4n) is 3.27. The zero-order valence-electron chi connectivity index (χ0n) is 17.5. The van der Waals surface area contributed by atoms with Crippen molar-refractivity contribution in [2.75, 3.05) is 5.32 Å². The highest BCUT2D eigenvalue weighted by Gasteiger charge is 2.17. The number of aryl methyl sites for hydroxylation is 1. The number of benzene rings is 2. The molecule has 0 bridgehead atoms. The Balaban J connectivity index is 1.50. The van der Waals surface area contributed by atoms with E-state index in [2.05, 4.69) is 10.3 Å². The monoisotopic (exact) mass is 447 g/mol. The number of aromatic nitrogens is 2. The first-order valence-electron chi connectivity index (χ1n) is 9.90. The number of carbonyl (C=O) groups is 2. The highest BCUT2D eigenvalue weighted by Crippen LogP contribution is 2.32. The molecule has 4 rings (SSSR count). The molecule has 32 heavy (non-hydrogen) atoms. The molecule has 0 radical (unpaired) electrons. The third kappa shape index (κ3) is 4.55. The van der Waals surface area contributed by atoms with E-state index >= 15 is 0 Å². The van der Waals surface area contributed by atoms with Gasteiger partial charge in [0.2, 0.25) is 0 Å². The molecule has 0 aliphatic rings. The van der Waals surface area contributed by atoms with E-state index in [1.165, 1.54) is 11.3 Å². The van der Waals surface area contributed by atoms with Crippen molar-refractivity contribution >= 4 is 29.2 Å². The first-order valence-corrected chi connectivity index (χ1v) is 10.7. The van der Waals surface area contributed by atoms with Gasteiger partial charge in [-0.1, -0.05) is 54.6 Å². The van der Waals surface area contributed by atoms with Crippen molar-refractivity contribution in [3.05, 3.63) is 83.5 Å². The standard InChI is InChI=1S/C24H21N3O4S/c1-15(16-6-4-3-5-7-16)31-24(30)26-22-21(25-14-27(22)2)18-10-8-17(9-11-18)19-12-13-20(32-19)23(28)29/h3-15H,1-2H3,(H,26,30)(H,28,29). The Morgan fingerprint density at radius 2 is 1.72 bits per heavy atom. The van der Waals surface area contributed by atoms with Crippen molar-refractivity contribution in [3.63, 3.8) is 0 Å². The number of hydrogen-bond acceptors (Lipinski definition) is 5. The second-order valence-electron chi connectivity index (χ2n) is 7.18. The number of carboxylic acids is 1. The smallest absolute Gasteiger partial charge is 0.413 e. The van der Waals surface area contributed by atoms with Gasteiger partial charge < -0.3 is 14.4 Å². The van der Waals surface area contributed by atoms with Crippen LogP contribution < -0.4 is 5.32 Å². The molecule has 0 saturated heterocycles. The SMILES string of the molecule is CC(OC(=O)Nc1c(-c2ccc(-c3ccc(C(=O)O)s3)cc2)ncn1C)c1ccccc1. The van der Waals surface area contributed by atoms with E-state index in [9.17, 15) is 9.59 Å². The van der Waals surface area contributed by atoms with Gasteiger partial charge in [0, 0.05) is 17.5 Å². The van der Waals surface area contributed by atoms with Gasteiger partial charge in [0.15, 0.2) is 0 Å². The summed E-state index contributed by atoms with van der Waals surface area (Å²) in [5.41, 5.74) is 3.24. The summed E-state index contributed by atoms with van der Waals surface area (Å²) in [6.07, 6.45) is 0.661. The molecule has 0 saturated carbocycles. The third-order valence-corrected chi connectivity index (χ3v) is 6.09. The van der Waals surface area contributed by atoms with Crippen LogP contribution >= 0.6 is 11.3 Å². The van der Waals surface area contributed by atoms with Gasteiger partial charge in [0.25, 0.3) is 0 Å². The molecule has 1 unspecified atom stereocenters. The van der Waals surface area contributed by atoms with Crippen molar-refractivity contribution in [2.24, 2.45) is 7.05 Å². The number of ether oxygens (including phenoxy) is 1. The second kappa shape index (κ2) is 9.07. The van der Waals surface area contributed by atoms with Crippen LogP contribution in [-0.2, 0) is 11.8 Å². The van der Waals surface area contributed by atoms with E-state index < -0.39 is 18.2 Å². The minimum Gasteiger partial charge on any atom is -0.477 e. The van der Waals surface area contributed by atoms with Gasteiger partial charge in [-0.05, 0) is 30.2 Å². The number of imidazole rings is 1. The number of aromatic carboxylic acids is 1. The maximum Gasteiger partial charge on any atom is 0.413 e. The van der Waals surface area contributed by atoms with Crippen molar-refractivity contribution < 1.29 is 19.4 Å². The minimum absolute atomic E-state index is 0.295. The molecule has 0 fully saturated rings. The molecule has 8 heteroatoms. The molecule has 2 aromatic heterocycles. The van der Waals surface area contributed by atoms with Crippen LogP contribution in [0, 0.1) is 0 Å². The fourth-order valence-corrected chi connectivity index (χ4v) is 4.12. The largest absolute Gasteiger partial charge is 0.477 e. The Kier molecular flexibility index (Phi) is 6.04. The summed E-state index contributed by atoms with van der Waals surface area (Å²) in [7, 11) is 1.79. The lowest BCUT2D eigenvalue weighted by molar-refractivity contribution is 0.0702. The molecule has 4 aromatic rings. The van der Waals surface area contributed by atoms with Crippen LogP contribution in [0.4, 0.5) is 10.6 Å². The van der Waals surface area contributed by atoms with E-state index in [4.69, 9.17) is 9.84 Å². The molecule has 0 aliphatic heterocycles. The Labute approximate surface area is 188 Å². The van der Waals surface area contributed by atoms with Gasteiger partial charge in [-0.25, -0.2) is 14.6 Å². The van der Waals surface area contributed by atoms with E-state index in [0.29, 0.717) is 16.4 Å². The number of amides is 1. The highest BCUT2D eigenvalue weighted by molar-refractivity contribution is 7.17. The lowest BCUT2D eigenvalue weighted by atomic mass is 10.1. The molecular formula is C24H21N3O4S. The molecule has 2 aromatic carbocycles. The quantitative estimate of drug-likeness (QED) is 0.388. The number of rotatable bonds is 6. The van der Waals surface area contributed by atoms with Gasteiger partial charge in [-0.2, -0.15) is 0 Å². The molecule has 0 spiro atoms. The zero-order valence-corrected chi connectivity index (χ0v) is 18.3. The predicted molar refractivity (Wildman–Crippen MR) is 124 cm³/mol. The van der Waals surface area contributed by atoms with Crippen LogP contribution in [-0.4, -0.2) is 26.7 Å². The van der Waals surface area contributed by atoms with Crippen LogP contribution in [0.15, 0.2) is 73.1 Å².